The van der Waals surface area contributed by atoms with Crippen LogP contribution in [0.15, 0.2) is 78.9 Å². The van der Waals surface area contributed by atoms with Crippen molar-refractivity contribution in [2.45, 2.75) is 13.8 Å². The second-order valence-corrected chi connectivity index (χ2v) is 11.5. The first kappa shape index (κ1) is 30.4. The number of halogens is 2. The van der Waals surface area contributed by atoms with E-state index in [-0.39, 0.29) is 27.6 Å². The molecule has 0 aliphatic rings. The first-order valence-corrected chi connectivity index (χ1v) is 14.7. The van der Waals surface area contributed by atoms with Crippen LogP contribution in [-0.4, -0.2) is 34.0 Å². The highest BCUT2D eigenvalue weighted by atomic mass is 35.5. The van der Waals surface area contributed by atoms with Gasteiger partial charge < -0.3 is 20.7 Å². The molecule has 0 fully saturated rings. The molecule has 0 atom stereocenters. The lowest BCUT2D eigenvalue weighted by Gasteiger charge is -2.13. The van der Waals surface area contributed by atoms with E-state index >= 15 is 0 Å². The van der Waals surface area contributed by atoms with Gasteiger partial charge in [-0.2, -0.15) is 0 Å². The van der Waals surface area contributed by atoms with Crippen LogP contribution in [0.1, 0.15) is 31.8 Å². The summed E-state index contributed by atoms with van der Waals surface area (Å²) < 4.78 is 0. The molecule has 46 heavy (non-hydrogen) atoms. The van der Waals surface area contributed by atoms with Crippen molar-refractivity contribution >= 4 is 91.0 Å². The summed E-state index contributed by atoms with van der Waals surface area (Å²) in [6.07, 6.45) is 0. The number of urea groups is 2. The molecule has 1 aromatic heterocycles. The molecule has 0 spiro atoms. The molecule has 10 nitrogen and oxygen atoms in total. The second-order valence-electron chi connectivity index (χ2n) is 10.6. The third-order valence-electron chi connectivity index (χ3n) is 7.62. The molecule has 6 amide bonds. The van der Waals surface area contributed by atoms with Gasteiger partial charge in [0.05, 0.1) is 21.7 Å². The van der Waals surface area contributed by atoms with Gasteiger partial charge in [0.25, 0.3) is 11.8 Å². The van der Waals surface area contributed by atoms with Gasteiger partial charge >= 0.3 is 12.1 Å². The largest absolute Gasteiger partial charge is 0.507 e. The molecule has 0 bridgehead atoms. The Bertz CT molecular complexity index is 2260. The number of carbonyl (C=O) groups excluding carboxylic acids is 4. The molecule has 0 radical (unpaired) electrons. The summed E-state index contributed by atoms with van der Waals surface area (Å²) >= 11 is 12.5. The summed E-state index contributed by atoms with van der Waals surface area (Å²) in [5, 5.41) is 24.3. The zero-order chi connectivity index (χ0) is 32.7. The fraction of sp³-hybridized carbons (Fsp3) is 0.0588. The first-order valence-electron chi connectivity index (χ1n) is 14.0. The molecule has 5 aromatic carbocycles. The lowest BCUT2D eigenvalue weighted by atomic mass is 9.97. The smallest absolute Gasteiger partial charge is 0.326 e. The summed E-state index contributed by atoms with van der Waals surface area (Å²) in [7, 11) is 0. The number of aromatic amines is 1. The van der Waals surface area contributed by atoms with Gasteiger partial charge in [-0.3, -0.25) is 20.2 Å². The molecule has 6 rings (SSSR count). The molecule has 6 aromatic rings. The number of imide groups is 2. The Kier molecular flexibility index (Phi) is 7.99. The number of anilines is 2. The van der Waals surface area contributed by atoms with Crippen molar-refractivity contribution in [2.24, 2.45) is 0 Å². The third kappa shape index (κ3) is 5.79. The van der Waals surface area contributed by atoms with Crippen molar-refractivity contribution in [1.29, 1.82) is 0 Å². The first-order chi connectivity index (χ1) is 22.0. The maximum atomic E-state index is 13.1. The number of phenols is 1. The number of rotatable bonds is 4. The number of benzene rings is 5. The van der Waals surface area contributed by atoms with Gasteiger partial charge in [0.2, 0.25) is 0 Å². The van der Waals surface area contributed by atoms with Crippen LogP contribution in [0.5, 0.6) is 5.75 Å². The molecule has 0 saturated heterocycles. The Balaban J connectivity index is 1.15. The number of nitrogens with one attached hydrogen (secondary N) is 5. The highest BCUT2D eigenvalue weighted by Gasteiger charge is 2.21. The molecule has 0 aliphatic heterocycles. The lowest BCUT2D eigenvalue weighted by molar-refractivity contribution is 0.0956. The molecular weight excluding hydrogens is 629 g/mol. The number of aromatic hydroxyl groups is 1. The zero-order valence-corrected chi connectivity index (χ0v) is 25.9. The Hall–Kier alpha value is -5.58. The number of aryl methyl sites for hydroxylation is 2. The van der Waals surface area contributed by atoms with Crippen LogP contribution in [0.2, 0.25) is 10.0 Å². The summed E-state index contributed by atoms with van der Waals surface area (Å²) in [6, 6.07) is 20.2. The average Bonchev–Trinajstić information content (AvgIpc) is 3.37. The topological polar surface area (TPSA) is 152 Å². The van der Waals surface area contributed by atoms with Crippen LogP contribution in [0.4, 0.5) is 21.0 Å². The average molecular weight is 655 g/mol. The van der Waals surface area contributed by atoms with E-state index in [0.29, 0.717) is 21.7 Å². The number of hydrogen-bond acceptors (Lipinski definition) is 5. The molecule has 0 aliphatic carbocycles. The highest BCUT2D eigenvalue weighted by molar-refractivity contribution is 6.34. The van der Waals surface area contributed by atoms with Crippen LogP contribution in [-0.2, 0) is 0 Å². The molecule has 6 N–H and O–H groups in total. The Morgan fingerprint density at radius 3 is 2.20 bits per heavy atom. The van der Waals surface area contributed by atoms with Gasteiger partial charge in [0.1, 0.15) is 5.75 Å². The molecule has 1 heterocycles. The number of H-pyrrole nitrogens is 1. The third-order valence-corrected chi connectivity index (χ3v) is 8.17. The molecule has 230 valence electrons. The van der Waals surface area contributed by atoms with E-state index in [4.69, 9.17) is 23.2 Å². The van der Waals surface area contributed by atoms with E-state index < -0.39 is 23.9 Å². The van der Waals surface area contributed by atoms with Crippen molar-refractivity contribution in [2.75, 3.05) is 10.6 Å². The van der Waals surface area contributed by atoms with Crippen LogP contribution in [0.25, 0.3) is 32.6 Å². The molecule has 0 saturated carbocycles. The summed E-state index contributed by atoms with van der Waals surface area (Å²) in [6.45, 7) is 3.51. The van der Waals surface area contributed by atoms with Crippen LogP contribution in [0.3, 0.4) is 0 Å². The normalized spacial score (nSPS) is 11.0. The maximum Gasteiger partial charge on any atom is 0.326 e. The van der Waals surface area contributed by atoms with Gasteiger partial charge in [-0.05, 0) is 73.3 Å². The Labute approximate surface area is 271 Å². The van der Waals surface area contributed by atoms with Crippen LogP contribution < -0.4 is 21.3 Å². The quantitative estimate of drug-likeness (QED) is 0.114. The number of fused-ring (bicyclic) bond motifs is 5. The summed E-state index contributed by atoms with van der Waals surface area (Å²) in [5.74, 6) is -1.85. The number of para-hydroxylation sites is 1. The number of aromatic nitrogens is 1. The van der Waals surface area contributed by atoms with Gasteiger partial charge in [0.15, 0.2) is 0 Å². The van der Waals surface area contributed by atoms with Crippen molar-refractivity contribution < 1.29 is 24.3 Å². The van der Waals surface area contributed by atoms with Crippen LogP contribution in [0, 0.1) is 13.8 Å². The van der Waals surface area contributed by atoms with Gasteiger partial charge in [0, 0.05) is 43.6 Å². The molecule has 12 heteroatoms. The standard InChI is InChI=1S/C34H25Cl2N5O5/c1-16-5-3-4-6-26(16)39-34(46)40-31(43)22-11-9-20(15-25(22)36)37-33(45)41-32(44)24-13-18-7-10-21-23-14-19(35)8-12-27(23)38-29(21)28(18)17(2)30(24)42/h3-15,38,42H,1-2H3,(H2,37,41,44,45)(H2,39,40,43,46). The highest BCUT2D eigenvalue weighted by Crippen LogP contribution is 2.38. The van der Waals surface area contributed by atoms with Crippen molar-refractivity contribution in [3.05, 3.63) is 111 Å². The van der Waals surface area contributed by atoms with E-state index in [1.165, 1.54) is 24.3 Å². The van der Waals surface area contributed by atoms with Gasteiger partial charge in [-0.25, -0.2) is 9.59 Å². The minimum atomic E-state index is -0.893. The second kappa shape index (κ2) is 12.1. The van der Waals surface area contributed by atoms with E-state index in [0.717, 1.165) is 32.8 Å². The van der Waals surface area contributed by atoms with Gasteiger partial charge in [-0.15, -0.1) is 0 Å². The van der Waals surface area contributed by atoms with Gasteiger partial charge in [-0.1, -0.05) is 53.5 Å². The minimum absolute atomic E-state index is 0.00707. The molecular formula is C34H25Cl2N5O5. The number of carbonyl (C=O) groups is 4. The predicted octanol–water partition coefficient (Wildman–Crippen LogP) is 8.03. The zero-order valence-electron chi connectivity index (χ0n) is 24.3. The fourth-order valence-electron chi connectivity index (χ4n) is 5.34. The minimum Gasteiger partial charge on any atom is -0.507 e. The van der Waals surface area contributed by atoms with E-state index in [2.05, 4.69) is 26.3 Å². The van der Waals surface area contributed by atoms with Crippen LogP contribution >= 0.6 is 23.2 Å². The van der Waals surface area contributed by atoms with Crippen molar-refractivity contribution in [3.8, 4) is 5.75 Å². The number of hydrogen-bond donors (Lipinski definition) is 6. The predicted molar refractivity (Wildman–Crippen MR) is 180 cm³/mol. The summed E-state index contributed by atoms with van der Waals surface area (Å²) in [5.41, 5.74) is 3.56. The maximum absolute atomic E-state index is 13.1. The van der Waals surface area contributed by atoms with Crippen molar-refractivity contribution in [1.82, 2.24) is 15.6 Å². The Morgan fingerprint density at radius 2 is 1.46 bits per heavy atom. The monoisotopic (exact) mass is 653 g/mol. The number of phenolic OH excluding ortho intramolecular Hbond substituents is 1. The Morgan fingerprint density at radius 1 is 0.739 bits per heavy atom. The fourth-order valence-corrected chi connectivity index (χ4v) is 5.78. The van der Waals surface area contributed by atoms with E-state index in [1.807, 2.05) is 43.3 Å². The lowest BCUT2D eigenvalue weighted by Crippen LogP contribution is -2.35. The van der Waals surface area contributed by atoms with E-state index in [1.54, 1.807) is 25.1 Å². The van der Waals surface area contributed by atoms with E-state index in [9.17, 15) is 24.3 Å². The van der Waals surface area contributed by atoms with Crippen molar-refractivity contribution in [3.63, 3.8) is 0 Å². The number of amides is 6. The summed E-state index contributed by atoms with van der Waals surface area (Å²) in [4.78, 5) is 54.1. The SMILES string of the molecule is Cc1ccccc1NC(=O)NC(=O)c1ccc(NC(=O)NC(=O)c2cc3ccc4c5cc(Cl)ccc5[nH]c4c3c(C)c2O)cc1Cl. The molecule has 0 unspecified atom stereocenters.